The molecule has 6 atom stereocenters. The summed E-state index contributed by atoms with van der Waals surface area (Å²) in [6, 6.07) is -0.591. The van der Waals surface area contributed by atoms with Gasteiger partial charge in [-0.3, -0.25) is 14.4 Å². The Labute approximate surface area is 174 Å². The molecule has 0 aliphatic carbocycles. The first-order chi connectivity index (χ1) is 14.7. The van der Waals surface area contributed by atoms with Gasteiger partial charge in [-0.05, 0) is 19.4 Å². The standard InChI is InChI=1S/C15H22N7O8P/c16-11-8-12(19-5-18-11)22(15(26)20-8)14-10(24)9(23)7(30-14)4-29-31(27,28)21-13(25)6-2-1-3-17-6/h5-7,9-10,14,17,23-24H,1-4H2,(H,20,26)(H2,16,18,19)(H2,21,25,27,28)/t6-,7+,9+,10+,14+/m0/s1. The fraction of sp³-hybridized carbons (Fsp3) is 0.600. The minimum absolute atomic E-state index is 0.00230. The van der Waals surface area contributed by atoms with Crippen molar-refractivity contribution >= 4 is 30.6 Å². The fourth-order valence-corrected chi connectivity index (χ4v) is 4.45. The van der Waals surface area contributed by atoms with E-state index in [1.54, 1.807) is 0 Å². The van der Waals surface area contributed by atoms with Crippen molar-refractivity contribution in [1.29, 1.82) is 0 Å². The summed E-state index contributed by atoms with van der Waals surface area (Å²) in [6.45, 7) is -0.0189. The van der Waals surface area contributed by atoms with E-state index in [2.05, 4.69) is 20.3 Å². The molecule has 2 aromatic rings. The van der Waals surface area contributed by atoms with Gasteiger partial charge < -0.3 is 35.9 Å². The second-order valence-electron chi connectivity index (χ2n) is 7.25. The molecule has 16 heteroatoms. The van der Waals surface area contributed by atoms with Crippen LogP contribution in [0.5, 0.6) is 0 Å². The number of nitrogens with one attached hydrogen (secondary N) is 3. The maximum absolute atomic E-state index is 12.3. The summed E-state index contributed by atoms with van der Waals surface area (Å²) in [5.74, 6) is -0.681. The van der Waals surface area contributed by atoms with Crippen LogP contribution in [0.1, 0.15) is 19.1 Å². The molecule has 4 heterocycles. The van der Waals surface area contributed by atoms with E-state index in [4.69, 9.17) is 15.0 Å². The van der Waals surface area contributed by atoms with Crippen LogP contribution in [0.2, 0.25) is 0 Å². The number of nitrogens with zero attached hydrogens (tertiary/aromatic N) is 3. The van der Waals surface area contributed by atoms with Gasteiger partial charge in [0.15, 0.2) is 17.7 Å². The molecule has 0 bridgehead atoms. The summed E-state index contributed by atoms with van der Waals surface area (Å²) in [5.41, 5.74) is 5.15. The third-order valence-electron chi connectivity index (χ3n) is 5.17. The Morgan fingerprint density at radius 1 is 1.42 bits per heavy atom. The number of carbonyl (C=O) groups is 1. The number of fused-ring (bicyclic) bond motifs is 1. The Morgan fingerprint density at radius 2 is 2.19 bits per heavy atom. The molecule has 2 saturated heterocycles. The lowest BCUT2D eigenvalue weighted by atomic mass is 10.1. The number of aromatic nitrogens is 4. The van der Waals surface area contributed by atoms with E-state index in [1.165, 1.54) is 0 Å². The average Bonchev–Trinajstić information content (AvgIpc) is 3.41. The summed E-state index contributed by atoms with van der Waals surface area (Å²) in [5, 5.41) is 25.5. The van der Waals surface area contributed by atoms with Gasteiger partial charge in [0, 0.05) is 0 Å². The highest BCUT2D eigenvalue weighted by atomic mass is 31.2. The summed E-state index contributed by atoms with van der Waals surface area (Å²) in [7, 11) is -4.56. The summed E-state index contributed by atoms with van der Waals surface area (Å²) in [6.07, 6.45) is -3.40. The molecule has 0 saturated carbocycles. The minimum atomic E-state index is -4.56. The predicted molar refractivity (Wildman–Crippen MR) is 103 cm³/mol. The molecule has 8 N–H and O–H groups in total. The molecule has 0 radical (unpaired) electrons. The molecule has 4 rings (SSSR count). The van der Waals surface area contributed by atoms with Crippen LogP contribution in [0.15, 0.2) is 11.1 Å². The van der Waals surface area contributed by atoms with Gasteiger partial charge in [0.05, 0.1) is 12.6 Å². The highest BCUT2D eigenvalue weighted by Gasteiger charge is 2.46. The molecule has 1 amide bonds. The summed E-state index contributed by atoms with van der Waals surface area (Å²) < 4.78 is 23.5. The normalized spacial score (nSPS) is 30.5. The molecular weight excluding hydrogens is 437 g/mol. The van der Waals surface area contributed by atoms with Crippen molar-refractivity contribution in [3.05, 3.63) is 16.8 Å². The first-order valence-corrected chi connectivity index (χ1v) is 11.0. The van der Waals surface area contributed by atoms with Crippen molar-refractivity contribution in [3.8, 4) is 0 Å². The van der Waals surface area contributed by atoms with Gasteiger partial charge >= 0.3 is 13.4 Å². The van der Waals surface area contributed by atoms with Crippen LogP contribution < -0.4 is 21.8 Å². The Bertz CT molecular complexity index is 1080. The number of rotatable bonds is 6. The monoisotopic (exact) mass is 459 g/mol. The van der Waals surface area contributed by atoms with Crippen molar-refractivity contribution in [2.45, 2.75) is 43.4 Å². The molecule has 31 heavy (non-hydrogen) atoms. The number of hydrogen-bond donors (Lipinski definition) is 7. The van der Waals surface area contributed by atoms with Crippen LogP contribution in [0, 0.1) is 0 Å². The second-order valence-corrected chi connectivity index (χ2v) is 8.77. The number of nitrogen functional groups attached to an aromatic ring is 1. The zero-order valence-electron chi connectivity index (χ0n) is 16.0. The van der Waals surface area contributed by atoms with Gasteiger partial charge in [-0.1, -0.05) is 0 Å². The van der Waals surface area contributed by atoms with Crippen LogP contribution in [0.25, 0.3) is 11.2 Å². The lowest BCUT2D eigenvalue weighted by Gasteiger charge is -2.19. The lowest BCUT2D eigenvalue weighted by Crippen LogP contribution is -2.39. The van der Waals surface area contributed by atoms with Gasteiger partial charge in [0.1, 0.15) is 30.2 Å². The zero-order valence-corrected chi connectivity index (χ0v) is 16.9. The Hall–Kier alpha value is -2.39. The number of imidazole rings is 1. The number of amides is 1. The van der Waals surface area contributed by atoms with E-state index in [0.29, 0.717) is 13.0 Å². The number of anilines is 1. The Balaban J connectivity index is 1.45. The lowest BCUT2D eigenvalue weighted by molar-refractivity contribution is -0.121. The van der Waals surface area contributed by atoms with Crippen molar-refractivity contribution < 1.29 is 33.7 Å². The number of aliphatic hydroxyl groups excluding tert-OH is 2. The Morgan fingerprint density at radius 3 is 2.90 bits per heavy atom. The number of nitrogens with two attached hydrogens (primary N) is 1. The molecule has 1 unspecified atom stereocenters. The minimum Gasteiger partial charge on any atom is -0.387 e. The summed E-state index contributed by atoms with van der Waals surface area (Å²) >= 11 is 0. The first-order valence-electron chi connectivity index (χ1n) is 9.43. The van der Waals surface area contributed by atoms with Gasteiger partial charge in [-0.15, -0.1) is 0 Å². The van der Waals surface area contributed by atoms with E-state index < -0.39 is 56.5 Å². The molecule has 0 spiro atoms. The van der Waals surface area contributed by atoms with Crippen LogP contribution in [-0.2, 0) is 18.6 Å². The van der Waals surface area contributed by atoms with Gasteiger partial charge in [-0.2, -0.15) is 0 Å². The van der Waals surface area contributed by atoms with Crippen LogP contribution in [0.3, 0.4) is 0 Å². The zero-order chi connectivity index (χ0) is 22.3. The highest BCUT2D eigenvalue weighted by molar-refractivity contribution is 7.51. The Kier molecular flexibility index (Phi) is 5.83. The molecule has 2 aromatic heterocycles. The average molecular weight is 459 g/mol. The van der Waals surface area contributed by atoms with Gasteiger partial charge in [-0.25, -0.2) is 23.9 Å². The number of aromatic amines is 1. The van der Waals surface area contributed by atoms with E-state index in [9.17, 15) is 29.3 Å². The maximum Gasteiger partial charge on any atom is 0.432 e. The van der Waals surface area contributed by atoms with Crippen molar-refractivity contribution in [1.82, 2.24) is 29.9 Å². The van der Waals surface area contributed by atoms with Gasteiger partial charge in [0.25, 0.3) is 0 Å². The topological polar surface area (TPSA) is 227 Å². The van der Waals surface area contributed by atoms with Gasteiger partial charge in [0.2, 0.25) is 5.91 Å². The number of carbonyl (C=O) groups excluding carboxylic acids is 1. The third-order valence-corrected chi connectivity index (χ3v) is 6.17. The van der Waals surface area contributed by atoms with E-state index >= 15 is 0 Å². The first kappa shape index (κ1) is 21.8. The SMILES string of the molecule is Nc1ncnc2c1[nH]c(=O)n2[C@@H]1O[C@H](COP(=O)(O)NC(=O)[C@@H]2CCCN2)[C@@H](O)[C@H]1O. The number of H-pyrrole nitrogens is 1. The molecular formula is C15H22N7O8P. The molecule has 2 aliphatic heterocycles. The molecule has 2 fully saturated rings. The fourth-order valence-electron chi connectivity index (χ4n) is 3.60. The second kappa shape index (κ2) is 8.27. The van der Waals surface area contributed by atoms with Crippen molar-refractivity contribution in [2.24, 2.45) is 0 Å². The largest absolute Gasteiger partial charge is 0.432 e. The quantitative estimate of drug-likeness (QED) is 0.219. The third kappa shape index (κ3) is 4.21. The molecule has 170 valence electrons. The number of ether oxygens (including phenoxy) is 1. The van der Waals surface area contributed by atoms with E-state index in [1.807, 2.05) is 5.09 Å². The van der Waals surface area contributed by atoms with Crippen LogP contribution in [-0.4, -0.2) is 78.0 Å². The number of hydrogen-bond acceptors (Lipinski definition) is 11. The molecule has 15 nitrogen and oxygen atoms in total. The number of aliphatic hydroxyl groups is 2. The summed E-state index contributed by atoms with van der Waals surface area (Å²) in [4.78, 5) is 44.4. The van der Waals surface area contributed by atoms with Crippen molar-refractivity contribution in [2.75, 3.05) is 18.9 Å². The molecule has 0 aromatic carbocycles. The van der Waals surface area contributed by atoms with Crippen LogP contribution in [0.4, 0.5) is 5.82 Å². The van der Waals surface area contributed by atoms with E-state index in [-0.39, 0.29) is 17.0 Å². The van der Waals surface area contributed by atoms with E-state index in [0.717, 1.165) is 17.3 Å². The van der Waals surface area contributed by atoms with Crippen LogP contribution >= 0.6 is 7.75 Å². The highest BCUT2D eigenvalue weighted by Crippen LogP contribution is 2.39. The van der Waals surface area contributed by atoms with Crippen molar-refractivity contribution in [3.63, 3.8) is 0 Å². The predicted octanol–water partition coefficient (Wildman–Crippen LogP) is -2.69. The molecule has 2 aliphatic rings. The maximum atomic E-state index is 12.3. The smallest absolute Gasteiger partial charge is 0.387 e.